The van der Waals surface area contributed by atoms with Crippen molar-refractivity contribution in [2.45, 2.75) is 0 Å². The second-order valence-corrected chi connectivity index (χ2v) is 6.85. The van der Waals surface area contributed by atoms with Crippen LogP contribution in [0.3, 0.4) is 0 Å². The highest BCUT2D eigenvalue weighted by atomic mass is 15.3. The molecular weight excluding hydrogens is 374 g/mol. The van der Waals surface area contributed by atoms with Crippen molar-refractivity contribution in [3.05, 3.63) is 78.4 Å². The summed E-state index contributed by atoms with van der Waals surface area (Å²) in [6.45, 7) is 0. The van der Waals surface area contributed by atoms with E-state index in [1.165, 1.54) is 0 Å². The number of aromatic amines is 1. The van der Waals surface area contributed by atoms with Crippen LogP contribution in [0.4, 0.5) is 23.3 Å². The van der Waals surface area contributed by atoms with Crippen LogP contribution in [0.5, 0.6) is 0 Å². The van der Waals surface area contributed by atoms with Gasteiger partial charge < -0.3 is 10.2 Å². The van der Waals surface area contributed by atoms with Crippen molar-refractivity contribution in [2.24, 2.45) is 0 Å². The lowest BCUT2D eigenvalue weighted by molar-refractivity contribution is 1.06. The lowest BCUT2D eigenvalue weighted by atomic mass is 10.2. The zero-order valence-electron chi connectivity index (χ0n) is 16.2. The van der Waals surface area contributed by atoms with Crippen LogP contribution in [0.2, 0.25) is 0 Å². The van der Waals surface area contributed by atoms with E-state index in [4.69, 9.17) is 15.2 Å². The molecule has 5 rings (SSSR count). The normalized spacial score (nSPS) is 10.8. The third-order valence-electron chi connectivity index (χ3n) is 4.98. The Morgan fingerprint density at radius 3 is 2.40 bits per heavy atom. The van der Waals surface area contributed by atoms with Crippen molar-refractivity contribution >= 4 is 45.1 Å². The molecule has 0 saturated heterocycles. The molecule has 0 atom stereocenters. The molecule has 7 nitrogen and oxygen atoms in total. The molecule has 2 aromatic heterocycles. The predicted octanol–water partition coefficient (Wildman–Crippen LogP) is 4.89. The molecule has 0 saturated carbocycles. The summed E-state index contributed by atoms with van der Waals surface area (Å²) >= 11 is 0. The SMILES string of the molecule is CN(c1ccc(C#N)cc1)c1nc(Nc2n[nH]c3ccccc23)c2ccccc2n1. The molecule has 0 radical (unpaired) electrons. The van der Waals surface area contributed by atoms with Gasteiger partial charge in [-0.05, 0) is 48.5 Å². The summed E-state index contributed by atoms with van der Waals surface area (Å²) in [6, 6.07) is 25.2. The lowest BCUT2D eigenvalue weighted by Crippen LogP contribution is -2.14. The summed E-state index contributed by atoms with van der Waals surface area (Å²) in [5, 5.41) is 21.7. The number of benzene rings is 3. The molecule has 0 aliphatic rings. The van der Waals surface area contributed by atoms with Crippen molar-refractivity contribution < 1.29 is 0 Å². The van der Waals surface area contributed by atoms with E-state index in [1.807, 2.05) is 72.6 Å². The van der Waals surface area contributed by atoms with Crippen molar-refractivity contribution in [2.75, 3.05) is 17.3 Å². The Kier molecular flexibility index (Phi) is 4.23. The number of anilines is 4. The highest BCUT2D eigenvalue weighted by Gasteiger charge is 2.14. The highest BCUT2D eigenvalue weighted by molar-refractivity contribution is 5.96. The van der Waals surface area contributed by atoms with Gasteiger partial charge in [-0.15, -0.1) is 0 Å². The van der Waals surface area contributed by atoms with Gasteiger partial charge >= 0.3 is 0 Å². The summed E-state index contributed by atoms with van der Waals surface area (Å²) in [7, 11) is 1.90. The molecule has 0 aliphatic carbocycles. The Hall–Kier alpha value is -4.44. The van der Waals surface area contributed by atoms with E-state index >= 15 is 0 Å². The third kappa shape index (κ3) is 3.06. The molecule has 0 aliphatic heterocycles. The van der Waals surface area contributed by atoms with E-state index in [1.54, 1.807) is 12.1 Å². The number of hydrogen-bond acceptors (Lipinski definition) is 6. The van der Waals surface area contributed by atoms with Crippen LogP contribution in [0.1, 0.15) is 5.56 Å². The fourth-order valence-corrected chi connectivity index (χ4v) is 3.36. The van der Waals surface area contributed by atoms with E-state index in [0.29, 0.717) is 23.1 Å². The number of nitrogens with zero attached hydrogens (tertiary/aromatic N) is 5. The summed E-state index contributed by atoms with van der Waals surface area (Å²) in [5.74, 6) is 1.93. The summed E-state index contributed by atoms with van der Waals surface area (Å²) in [6.07, 6.45) is 0. The molecule has 0 unspecified atom stereocenters. The van der Waals surface area contributed by atoms with Gasteiger partial charge in [0.15, 0.2) is 5.82 Å². The molecular formula is C23H17N7. The van der Waals surface area contributed by atoms with Crippen molar-refractivity contribution in [3.8, 4) is 6.07 Å². The highest BCUT2D eigenvalue weighted by Crippen LogP contribution is 2.30. The molecule has 2 N–H and O–H groups in total. The van der Waals surface area contributed by atoms with Crippen molar-refractivity contribution in [3.63, 3.8) is 0 Å². The van der Waals surface area contributed by atoms with Crippen LogP contribution in [-0.4, -0.2) is 27.2 Å². The molecule has 0 spiro atoms. The first kappa shape index (κ1) is 17.6. The first-order valence-corrected chi connectivity index (χ1v) is 9.44. The quantitative estimate of drug-likeness (QED) is 0.453. The zero-order chi connectivity index (χ0) is 20.5. The molecule has 2 heterocycles. The maximum Gasteiger partial charge on any atom is 0.232 e. The van der Waals surface area contributed by atoms with Crippen LogP contribution in [0, 0.1) is 11.3 Å². The average Bonchev–Trinajstić information content (AvgIpc) is 3.21. The molecule has 144 valence electrons. The van der Waals surface area contributed by atoms with Gasteiger partial charge in [0.2, 0.25) is 5.95 Å². The molecule has 0 amide bonds. The maximum atomic E-state index is 9.03. The molecule has 0 fully saturated rings. The van der Waals surface area contributed by atoms with Gasteiger partial charge in [-0.3, -0.25) is 5.10 Å². The first-order valence-electron chi connectivity index (χ1n) is 9.44. The first-order chi connectivity index (χ1) is 14.7. The fraction of sp³-hybridized carbons (Fsp3) is 0.0435. The van der Waals surface area contributed by atoms with Gasteiger partial charge in [-0.2, -0.15) is 15.3 Å². The lowest BCUT2D eigenvalue weighted by Gasteiger charge is -2.19. The molecule has 7 heteroatoms. The number of fused-ring (bicyclic) bond motifs is 2. The molecule has 0 bridgehead atoms. The zero-order valence-corrected chi connectivity index (χ0v) is 16.2. The monoisotopic (exact) mass is 391 g/mol. The van der Waals surface area contributed by atoms with E-state index < -0.39 is 0 Å². The van der Waals surface area contributed by atoms with Gasteiger partial charge in [0.1, 0.15) is 5.82 Å². The van der Waals surface area contributed by atoms with Gasteiger partial charge in [-0.25, -0.2) is 4.98 Å². The average molecular weight is 391 g/mol. The van der Waals surface area contributed by atoms with E-state index in [0.717, 1.165) is 27.5 Å². The molecule has 5 aromatic rings. The van der Waals surface area contributed by atoms with Crippen molar-refractivity contribution in [1.82, 2.24) is 20.2 Å². The third-order valence-corrected chi connectivity index (χ3v) is 4.98. The Labute approximate surface area is 172 Å². The number of H-pyrrole nitrogens is 1. The van der Waals surface area contributed by atoms with E-state index in [-0.39, 0.29) is 0 Å². The summed E-state index contributed by atoms with van der Waals surface area (Å²) in [5.41, 5.74) is 3.28. The molecule has 3 aromatic carbocycles. The van der Waals surface area contributed by atoms with Gasteiger partial charge in [0.05, 0.1) is 22.7 Å². The number of aromatic nitrogens is 4. The standard InChI is InChI=1S/C23H17N7/c1-30(16-12-10-15(14-24)11-13-16)23-25-19-8-4-2-6-17(19)21(27-23)26-22-18-7-3-5-9-20(18)28-29-22/h2-13H,1H3,(H2,25,26,27,28,29). The number of para-hydroxylation sites is 2. The van der Waals surface area contributed by atoms with Crippen LogP contribution in [-0.2, 0) is 0 Å². The minimum absolute atomic E-state index is 0.542. The second-order valence-electron chi connectivity index (χ2n) is 6.85. The van der Waals surface area contributed by atoms with E-state index in [2.05, 4.69) is 21.6 Å². The van der Waals surface area contributed by atoms with Crippen LogP contribution < -0.4 is 10.2 Å². The molecule has 30 heavy (non-hydrogen) atoms. The van der Waals surface area contributed by atoms with Crippen molar-refractivity contribution in [1.29, 1.82) is 5.26 Å². The van der Waals surface area contributed by atoms with Gasteiger partial charge in [-0.1, -0.05) is 24.3 Å². The van der Waals surface area contributed by atoms with Crippen LogP contribution in [0.25, 0.3) is 21.8 Å². The van der Waals surface area contributed by atoms with Gasteiger partial charge in [0, 0.05) is 23.5 Å². The smallest absolute Gasteiger partial charge is 0.232 e. The van der Waals surface area contributed by atoms with E-state index in [9.17, 15) is 0 Å². The predicted molar refractivity (Wildman–Crippen MR) is 118 cm³/mol. The van der Waals surface area contributed by atoms with Gasteiger partial charge in [0.25, 0.3) is 0 Å². The number of nitrogens with one attached hydrogen (secondary N) is 2. The Morgan fingerprint density at radius 2 is 1.60 bits per heavy atom. The van der Waals surface area contributed by atoms with Crippen LogP contribution in [0.15, 0.2) is 72.8 Å². The minimum atomic E-state index is 0.542. The number of hydrogen-bond donors (Lipinski definition) is 2. The fourth-order valence-electron chi connectivity index (χ4n) is 3.36. The number of nitriles is 1. The number of rotatable bonds is 4. The Balaban J connectivity index is 1.60. The summed E-state index contributed by atoms with van der Waals surface area (Å²) in [4.78, 5) is 11.4. The largest absolute Gasteiger partial charge is 0.322 e. The minimum Gasteiger partial charge on any atom is -0.322 e. The Morgan fingerprint density at radius 1 is 0.867 bits per heavy atom. The van der Waals surface area contributed by atoms with Crippen LogP contribution >= 0.6 is 0 Å². The summed E-state index contributed by atoms with van der Waals surface area (Å²) < 4.78 is 0. The topological polar surface area (TPSA) is 93.5 Å². The second kappa shape index (κ2) is 7.18. The Bertz CT molecular complexity index is 1400. The maximum absolute atomic E-state index is 9.03.